The van der Waals surface area contributed by atoms with Crippen molar-refractivity contribution in [3.8, 4) is 5.75 Å². The fourth-order valence-electron chi connectivity index (χ4n) is 3.98. The molecule has 0 spiro atoms. The maximum Gasteiger partial charge on any atom is 0.230 e. The Bertz CT molecular complexity index is 1110. The van der Waals surface area contributed by atoms with Gasteiger partial charge < -0.3 is 9.64 Å². The molecule has 0 saturated heterocycles. The van der Waals surface area contributed by atoms with E-state index >= 15 is 0 Å². The minimum atomic E-state index is -0.278. The van der Waals surface area contributed by atoms with Gasteiger partial charge in [0.1, 0.15) is 11.4 Å². The Labute approximate surface area is 171 Å². The van der Waals surface area contributed by atoms with Crippen LogP contribution in [0.5, 0.6) is 5.75 Å². The molecule has 3 aromatic rings. The highest BCUT2D eigenvalue weighted by molar-refractivity contribution is 5.97. The Morgan fingerprint density at radius 3 is 2.62 bits per heavy atom. The lowest BCUT2D eigenvalue weighted by Crippen LogP contribution is -2.31. The zero-order chi connectivity index (χ0) is 20.0. The smallest absolute Gasteiger partial charge is 0.230 e. The highest BCUT2D eigenvalue weighted by Crippen LogP contribution is 2.37. The summed E-state index contributed by atoms with van der Waals surface area (Å²) in [6.45, 7) is 4.72. The molecule has 1 heterocycles. The number of fused-ring (bicyclic) bond motifs is 3. The first kappa shape index (κ1) is 18.0. The zero-order valence-corrected chi connectivity index (χ0v) is 16.9. The Balaban J connectivity index is 1.49. The lowest BCUT2D eigenvalue weighted by Gasteiger charge is -2.28. The van der Waals surface area contributed by atoms with Crippen molar-refractivity contribution < 1.29 is 9.53 Å². The van der Waals surface area contributed by atoms with Crippen molar-refractivity contribution >= 4 is 28.4 Å². The van der Waals surface area contributed by atoms with Gasteiger partial charge in [-0.05, 0) is 73.4 Å². The first-order chi connectivity index (χ1) is 14.0. The average molecular weight is 383 g/mol. The molecule has 0 radical (unpaired) electrons. The van der Waals surface area contributed by atoms with E-state index in [1.165, 1.54) is 10.8 Å². The van der Waals surface area contributed by atoms with E-state index in [4.69, 9.17) is 4.74 Å². The van der Waals surface area contributed by atoms with Gasteiger partial charge in [0.15, 0.2) is 0 Å². The van der Waals surface area contributed by atoms with Gasteiger partial charge in [-0.1, -0.05) is 42.5 Å². The van der Waals surface area contributed by atoms with E-state index in [-0.39, 0.29) is 17.4 Å². The van der Waals surface area contributed by atoms with Crippen molar-refractivity contribution in [3.05, 3.63) is 77.9 Å². The molecule has 0 unspecified atom stereocenters. The number of benzene rings is 3. The van der Waals surface area contributed by atoms with Gasteiger partial charge in [-0.15, -0.1) is 0 Å². The predicted octanol–water partition coefficient (Wildman–Crippen LogP) is 5.97. The summed E-state index contributed by atoms with van der Waals surface area (Å²) in [6, 6.07) is 20.6. The van der Waals surface area contributed by atoms with Gasteiger partial charge in [0.25, 0.3) is 0 Å². The predicted molar refractivity (Wildman–Crippen MR) is 118 cm³/mol. The number of hydrogen-bond donors (Lipinski definition) is 0. The number of ether oxygens (including phenoxy) is 1. The maximum atomic E-state index is 12.9. The quantitative estimate of drug-likeness (QED) is 0.556. The van der Waals surface area contributed by atoms with E-state index < -0.39 is 0 Å². The zero-order valence-electron chi connectivity index (χ0n) is 16.9. The van der Waals surface area contributed by atoms with Gasteiger partial charge in [0.2, 0.25) is 5.91 Å². The third kappa shape index (κ3) is 3.53. The summed E-state index contributed by atoms with van der Waals surface area (Å²) in [7, 11) is 0. The number of nitrogens with zero attached hydrogens (tertiary/aromatic N) is 1. The van der Waals surface area contributed by atoms with Crippen molar-refractivity contribution in [2.45, 2.75) is 38.8 Å². The summed E-state index contributed by atoms with van der Waals surface area (Å²) in [5, 5.41) is 2.35. The van der Waals surface area contributed by atoms with Crippen LogP contribution in [0.1, 0.15) is 37.8 Å². The topological polar surface area (TPSA) is 29.5 Å². The maximum absolute atomic E-state index is 12.9. The third-order valence-corrected chi connectivity index (χ3v) is 5.71. The van der Waals surface area contributed by atoms with Gasteiger partial charge >= 0.3 is 0 Å². The molecule has 1 amide bonds. The molecular weight excluding hydrogens is 358 g/mol. The molecule has 1 fully saturated rings. The second-order valence-electron chi connectivity index (χ2n) is 8.61. The lowest BCUT2D eigenvalue weighted by molar-refractivity contribution is -0.119. The molecule has 0 atom stereocenters. The van der Waals surface area contributed by atoms with Crippen LogP contribution < -0.4 is 9.64 Å². The second-order valence-corrected chi connectivity index (χ2v) is 8.61. The van der Waals surface area contributed by atoms with Gasteiger partial charge in [-0.3, -0.25) is 4.79 Å². The Hall–Kier alpha value is -3.07. The molecule has 146 valence electrons. The van der Waals surface area contributed by atoms with Crippen LogP contribution in [0.4, 0.5) is 5.69 Å². The summed E-state index contributed by atoms with van der Waals surface area (Å²) in [5.41, 5.74) is 2.95. The fourth-order valence-corrected chi connectivity index (χ4v) is 3.98. The van der Waals surface area contributed by atoms with Crippen molar-refractivity contribution in [3.63, 3.8) is 0 Å². The number of amides is 1. The van der Waals surface area contributed by atoms with E-state index in [1.807, 2.05) is 35.2 Å². The largest absolute Gasteiger partial charge is 0.483 e. The molecule has 2 aliphatic rings. The van der Waals surface area contributed by atoms with Gasteiger partial charge in [0, 0.05) is 17.2 Å². The highest BCUT2D eigenvalue weighted by Gasteiger charge is 2.34. The monoisotopic (exact) mass is 383 g/mol. The standard InChI is InChI=1S/C26H25NO2/c1-26(2)15-14-23-22-12-8-18(16-20(22)11-13-24(23)29-26)17-27(25(28)19-9-10-19)21-6-4-3-5-7-21/h3-8,11-16,19H,9-10,17H2,1-2H3. The normalized spacial score (nSPS) is 16.9. The molecule has 1 saturated carbocycles. The van der Waals surface area contributed by atoms with Crippen LogP contribution in [-0.4, -0.2) is 11.5 Å². The highest BCUT2D eigenvalue weighted by atomic mass is 16.5. The van der Waals surface area contributed by atoms with Crippen LogP contribution in [-0.2, 0) is 11.3 Å². The Kier molecular flexibility index (Phi) is 4.20. The first-order valence-electron chi connectivity index (χ1n) is 10.3. The molecule has 0 aromatic heterocycles. The molecule has 1 aliphatic carbocycles. The molecular formula is C26H25NO2. The summed E-state index contributed by atoms with van der Waals surface area (Å²) >= 11 is 0. The van der Waals surface area contributed by atoms with Crippen LogP contribution in [0.2, 0.25) is 0 Å². The summed E-state index contributed by atoms with van der Waals surface area (Å²) in [5.74, 6) is 1.35. The molecule has 1 aliphatic heterocycles. The first-order valence-corrected chi connectivity index (χ1v) is 10.3. The molecule has 3 aromatic carbocycles. The molecule has 5 rings (SSSR count). The second kappa shape index (κ2) is 6.77. The Morgan fingerprint density at radius 1 is 1.07 bits per heavy atom. The summed E-state index contributed by atoms with van der Waals surface area (Å²) in [4.78, 5) is 14.9. The van der Waals surface area contributed by atoms with Crippen molar-refractivity contribution in [2.75, 3.05) is 4.90 Å². The van der Waals surface area contributed by atoms with Gasteiger partial charge in [-0.25, -0.2) is 0 Å². The van der Waals surface area contributed by atoms with Gasteiger partial charge in [0.05, 0.1) is 6.54 Å². The van der Waals surface area contributed by atoms with Gasteiger partial charge in [-0.2, -0.15) is 0 Å². The molecule has 3 heteroatoms. The Morgan fingerprint density at radius 2 is 1.86 bits per heavy atom. The van der Waals surface area contributed by atoms with Crippen LogP contribution >= 0.6 is 0 Å². The fraction of sp³-hybridized carbons (Fsp3) is 0.269. The van der Waals surface area contributed by atoms with Crippen molar-refractivity contribution in [2.24, 2.45) is 5.92 Å². The number of para-hydroxylation sites is 1. The molecule has 3 nitrogen and oxygen atoms in total. The SMILES string of the molecule is CC1(C)C=Cc2c(ccc3cc(CN(C(=O)C4CC4)c4ccccc4)ccc23)O1. The van der Waals surface area contributed by atoms with Crippen LogP contribution in [0, 0.1) is 5.92 Å². The van der Waals surface area contributed by atoms with Crippen molar-refractivity contribution in [1.29, 1.82) is 0 Å². The van der Waals surface area contributed by atoms with Crippen LogP contribution in [0.15, 0.2) is 66.7 Å². The van der Waals surface area contributed by atoms with E-state index in [2.05, 4.69) is 56.3 Å². The average Bonchev–Trinajstić information content (AvgIpc) is 3.56. The van der Waals surface area contributed by atoms with E-state index in [9.17, 15) is 4.79 Å². The molecule has 0 bridgehead atoms. The van der Waals surface area contributed by atoms with Crippen LogP contribution in [0.3, 0.4) is 0 Å². The number of carbonyl (C=O) groups excluding carboxylic acids is 1. The molecule has 0 N–H and O–H groups in total. The number of anilines is 1. The van der Waals surface area contributed by atoms with E-state index in [0.717, 1.165) is 35.4 Å². The third-order valence-electron chi connectivity index (χ3n) is 5.71. The van der Waals surface area contributed by atoms with E-state index in [0.29, 0.717) is 6.54 Å². The number of carbonyl (C=O) groups is 1. The molecule has 29 heavy (non-hydrogen) atoms. The van der Waals surface area contributed by atoms with Crippen molar-refractivity contribution in [1.82, 2.24) is 0 Å². The minimum absolute atomic E-state index is 0.188. The number of rotatable bonds is 4. The number of hydrogen-bond acceptors (Lipinski definition) is 2. The summed E-state index contributed by atoms with van der Waals surface area (Å²) < 4.78 is 6.11. The minimum Gasteiger partial charge on any atom is -0.483 e. The van der Waals surface area contributed by atoms with E-state index in [1.54, 1.807) is 0 Å². The lowest BCUT2D eigenvalue weighted by atomic mass is 9.96. The van der Waals surface area contributed by atoms with Crippen LogP contribution in [0.25, 0.3) is 16.8 Å². The summed E-state index contributed by atoms with van der Waals surface area (Å²) in [6.07, 6.45) is 6.28.